The summed E-state index contributed by atoms with van der Waals surface area (Å²) in [7, 11) is 0. The number of hydrogen-bond donors (Lipinski definition) is 1. The molecule has 3 heteroatoms. The average molecular weight is 243 g/mol. The average Bonchev–Trinajstić information content (AvgIpc) is 2.84. The van der Waals surface area contributed by atoms with Crippen molar-refractivity contribution in [1.29, 1.82) is 0 Å². The highest BCUT2D eigenvalue weighted by Crippen LogP contribution is 2.24. The maximum Gasteiger partial charge on any atom is 0.126 e. The molecule has 1 aliphatic heterocycles. The van der Waals surface area contributed by atoms with E-state index in [4.69, 9.17) is 4.74 Å². The number of benzene rings is 2. The zero-order chi connectivity index (χ0) is 12.4. The summed E-state index contributed by atoms with van der Waals surface area (Å²) >= 11 is 0. The first kappa shape index (κ1) is 11.1. The Morgan fingerprint density at radius 1 is 1.17 bits per heavy atom. The number of halogens is 1. The van der Waals surface area contributed by atoms with Gasteiger partial charge in [-0.3, -0.25) is 0 Å². The second kappa shape index (κ2) is 4.69. The van der Waals surface area contributed by atoms with Crippen LogP contribution in [0.3, 0.4) is 0 Å². The van der Waals surface area contributed by atoms with Gasteiger partial charge in [-0.25, -0.2) is 4.39 Å². The molecule has 2 aromatic rings. The van der Waals surface area contributed by atoms with Gasteiger partial charge in [0.15, 0.2) is 0 Å². The number of fused-ring (bicyclic) bond motifs is 1. The van der Waals surface area contributed by atoms with E-state index in [0.29, 0.717) is 12.4 Å². The normalized spacial score (nSPS) is 12.9. The van der Waals surface area contributed by atoms with Crippen molar-refractivity contribution in [3.05, 3.63) is 59.4 Å². The Labute approximate surface area is 105 Å². The molecule has 0 radical (unpaired) electrons. The third-order valence-electron chi connectivity index (χ3n) is 3.09. The summed E-state index contributed by atoms with van der Waals surface area (Å²) in [5, 5.41) is 3.33. The summed E-state index contributed by atoms with van der Waals surface area (Å²) in [4.78, 5) is 0. The summed E-state index contributed by atoms with van der Waals surface area (Å²) in [5.74, 6) is 0.284. The highest BCUT2D eigenvalue weighted by molar-refractivity contribution is 5.56. The first-order valence-corrected chi connectivity index (χ1v) is 6.05. The second-order valence-electron chi connectivity index (χ2n) is 4.41. The van der Waals surface area contributed by atoms with Crippen molar-refractivity contribution >= 4 is 5.69 Å². The minimum absolute atomic E-state index is 0.275. The van der Waals surface area contributed by atoms with Crippen LogP contribution in [0, 0.1) is 5.82 Å². The maximum atomic E-state index is 13.0. The van der Waals surface area contributed by atoms with Crippen LogP contribution in [0.5, 0.6) is 5.75 Å². The Bertz CT molecular complexity index is 568. The van der Waals surface area contributed by atoms with Gasteiger partial charge in [-0.15, -0.1) is 0 Å². The molecule has 0 bridgehead atoms. The predicted octanol–water partition coefficient (Wildman–Crippen LogP) is 3.37. The van der Waals surface area contributed by atoms with Crippen LogP contribution in [0.4, 0.5) is 10.1 Å². The van der Waals surface area contributed by atoms with E-state index in [1.165, 1.54) is 23.4 Å². The molecule has 0 amide bonds. The van der Waals surface area contributed by atoms with Crippen LogP contribution in [-0.2, 0) is 13.0 Å². The summed E-state index contributed by atoms with van der Waals surface area (Å²) in [6.07, 6.45) is 1.08. The van der Waals surface area contributed by atoms with Crippen LogP contribution < -0.4 is 10.1 Å². The maximum absolute atomic E-state index is 13.0. The molecule has 0 atom stereocenters. The Morgan fingerprint density at radius 2 is 2.11 bits per heavy atom. The third kappa shape index (κ3) is 2.30. The zero-order valence-electron chi connectivity index (χ0n) is 9.95. The van der Waals surface area contributed by atoms with Crippen molar-refractivity contribution in [2.75, 3.05) is 11.9 Å². The fourth-order valence-electron chi connectivity index (χ4n) is 2.15. The van der Waals surface area contributed by atoms with Gasteiger partial charge >= 0.3 is 0 Å². The van der Waals surface area contributed by atoms with E-state index in [1.807, 2.05) is 0 Å². The summed E-state index contributed by atoms with van der Waals surface area (Å²) in [6, 6.07) is 12.5. The van der Waals surface area contributed by atoms with E-state index in [2.05, 4.69) is 23.5 Å². The summed E-state index contributed by atoms with van der Waals surface area (Å²) < 4.78 is 18.5. The molecule has 2 nitrogen and oxygen atoms in total. The lowest BCUT2D eigenvalue weighted by molar-refractivity contribution is 0.304. The van der Waals surface area contributed by atoms with Crippen molar-refractivity contribution < 1.29 is 9.13 Å². The highest BCUT2D eigenvalue weighted by atomic mass is 19.1. The van der Waals surface area contributed by atoms with Crippen LogP contribution in [-0.4, -0.2) is 6.54 Å². The fraction of sp³-hybridized carbons (Fsp3) is 0.200. The van der Waals surface area contributed by atoms with Crippen molar-refractivity contribution in [3.63, 3.8) is 0 Å². The van der Waals surface area contributed by atoms with Gasteiger partial charge in [0.1, 0.15) is 18.2 Å². The van der Waals surface area contributed by atoms with E-state index < -0.39 is 0 Å². The molecule has 92 valence electrons. The van der Waals surface area contributed by atoms with Crippen molar-refractivity contribution in [2.24, 2.45) is 0 Å². The molecule has 18 heavy (non-hydrogen) atoms. The van der Waals surface area contributed by atoms with E-state index in [0.717, 1.165) is 18.5 Å². The fourth-order valence-corrected chi connectivity index (χ4v) is 2.15. The number of anilines is 1. The number of nitrogens with one attached hydrogen (secondary N) is 1. The van der Waals surface area contributed by atoms with E-state index >= 15 is 0 Å². The quantitative estimate of drug-likeness (QED) is 0.892. The monoisotopic (exact) mass is 243 g/mol. The number of hydrogen-bond acceptors (Lipinski definition) is 2. The van der Waals surface area contributed by atoms with Crippen LogP contribution in [0.2, 0.25) is 0 Å². The van der Waals surface area contributed by atoms with Crippen molar-refractivity contribution in [2.45, 2.75) is 13.0 Å². The molecule has 1 aliphatic rings. The zero-order valence-corrected chi connectivity index (χ0v) is 9.95. The van der Waals surface area contributed by atoms with Crippen molar-refractivity contribution in [1.82, 2.24) is 0 Å². The second-order valence-corrected chi connectivity index (χ2v) is 4.41. The molecule has 0 saturated heterocycles. The Hall–Kier alpha value is -2.03. The molecule has 1 N–H and O–H groups in total. The lowest BCUT2D eigenvalue weighted by atomic mass is 10.1. The van der Waals surface area contributed by atoms with Gasteiger partial charge in [0.25, 0.3) is 0 Å². The summed E-state index contributed by atoms with van der Waals surface area (Å²) in [5.41, 5.74) is 3.63. The van der Waals surface area contributed by atoms with Gasteiger partial charge in [0, 0.05) is 18.3 Å². The SMILES string of the molecule is Fc1cccc(OCc2ccc3c(c2)NCC3)c1. The minimum atomic E-state index is -0.275. The van der Waals surface area contributed by atoms with Gasteiger partial charge in [-0.05, 0) is 35.7 Å². The van der Waals surface area contributed by atoms with E-state index in [-0.39, 0.29) is 5.82 Å². The number of ether oxygens (including phenoxy) is 1. The van der Waals surface area contributed by atoms with E-state index in [1.54, 1.807) is 12.1 Å². The minimum Gasteiger partial charge on any atom is -0.489 e. The van der Waals surface area contributed by atoms with Crippen LogP contribution >= 0.6 is 0 Å². The largest absolute Gasteiger partial charge is 0.489 e. The molecule has 0 unspecified atom stereocenters. The van der Waals surface area contributed by atoms with Crippen LogP contribution in [0.15, 0.2) is 42.5 Å². The molecule has 3 rings (SSSR count). The van der Waals surface area contributed by atoms with E-state index in [9.17, 15) is 4.39 Å². The Kier molecular flexibility index (Phi) is 2.89. The standard InChI is InChI=1S/C15H14FNO/c16-13-2-1-3-14(9-13)18-10-11-4-5-12-6-7-17-15(12)8-11/h1-5,8-9,17H,6-7,10H2. The molecule has 0 fully saturated rings. The molecular formula is C15H14FNO. The summed E-state index contributed by atoms with van der Waals surface area (Å²) in [6.45, 7) is 1.46. The van der Waals surface area contributed by atoms with Crippen molar-refractivity contribution in [3.8, 4) is 5.75 Å². The van der Waals surface area contributed by atoms with Crippen LogP contribution in [0.25, 0.3) is 0 Å². The molecule has 0 spiro atoms. The molecule has 2 aromatic carbocycles. The van der Waals surface area contributed by atoms with Gasteiger partial charge in [0.05, 0.1) is 0 Å². The predicted molar refractivity (Wildman–Crippen MR) is 69.4 cm³/mol. The Balaban J connectivity index is 1.70. The first-order chi connectivity index (χ1) is 8.81. The first-order valence-electron chi connectivity index (χ1n) is 6.05. The number of rotatable bonds is 3. The lowest BCUT2D eigenvalue weighted by Crippen LogP contribution is -1.97. The molecule has 0 aliphatic carbocycles. The van der Waals surface area contributed by atoms with Crippen LogP contribution in [0.1, 0.15) is 11.1 Å². The smallest absolute Gasteiger partial charge is 0.126 e. The molecular weight excluding hydrogens is 229 g/mol. The van der Waals surface area contributed by atoms with Gasteiger partial charge in [-0.1, -0.05) is 18.2 Å². The highest BCUT2D eigenvalue weighted by Gasteiger charge is 2.09. The molecule has 1 heterocycles. The topological polar surface area (TPSA) is 21.3 Å². The Morgan fingerprint density at radius 3 is 3.00 bits per heavy atom. The van der Waals surface area contributed by atoms with Gasteiger partial charge < -0.3 is 10.1 Å². The molecule has 0 saturated carbocycles. The van der Waals surface area contributed by atoms with Gasteiger partial charge in [-0.2, -0.15) is 0 Å². The molecule has 0 aromatic heterocycles. The lowest BCUT2D eigenvalue weighted by Gasteiger charge is -2.08. The third-order valence-corrected chi connectivity index (χ3v) is 3.09. The van der Waals surface area contributed by atoms with Gasteiger partial charge in [0.2, 0.25) is 0 Å².